The highest BCUT2D eigenvalue weighted by atomic mass is 79.9. The zero-order valence-electron chi connectivity index (χ0n) is 11.8. The van der Waals surface area contributed by atoms with Crippen LogP contribution in [0.15, 0.2) is 41.1 Å². The number of benzene rings is 1. The molecule has 0 radical (unpaired) electrons. The van der Waals surface area contributed by atoms with Gasteiger partial charge in [-0.05, 0) is 43.0 Å². The van der Waals surface area contributed by atoms with Gasteiger partial charge in [-0.3, -0.25) is 4.79 Å². The molecule has 0 aliphatic carbocycles. The predicted molar refractivity (Wildman–Crippen MR) is 83.9 cm³/mol. The molecule has 1 amide bonds. The van der Waals surface area contributed by atoms with Crippen LogP contribution in [0.25, 0.3) is 0 Å². The average Bonchev–Trinajstić information content (AvgIpc) is 2.99. The first-order valence-corrected chi connectivity index (χ1v) is 7.80. The van der Waals surface area contributed by atoms with Crippen molar-refractivity contribution in [2.24, 2.45) is 0 Å². The quantitative estimate of drug-likeness (QED) is 0.836. The van der Waals surface area contributed by atoms with E-state index in [9.17, 15) is 4.79 Å². The van der Waals surface area contributed by atoms with E-state index in [1.165, 1.54) is 17.3 Å². The fraction of sp³-hybridized carbons (Fsp3) is 0.312. The molecule has 0 unspecified atom stereocenters. The molecule has 1 aliphatic heterocycles. The lowest BCUT2D eigenvalue weighted by molar-refractivity contribution is 0.0735. The Morgan fingerprint density at radius 3 is 2.90 bits per heavy atom. The second kappa shape index (κ2) is 5.93. The minimum Gasteiger partial charge on any atom is -0.332 e. The number of hydrogen-bond donors (Lipinski definition) is 0. The minimum absolute atomic E-state index is 0.0352. The van der Waals surface area contributed by atoms with Crippen LogP contribution in [-0.2, 0) is 0 Å². The zero-order chi connectivity index (χ0) is 14.8. The summed E-state index contributed by atoms with van der Waals surface area (Å²) in [5, 5.41) is 7.52. The van der Waals surface area contributed by atoms with Crippen LogP contribution in [0.2, 0.25) is 0 Å². The van der Waals surface area contributed by atoms with Gasteiger partial charge < -0.3 is 4.90 Å². The summed E-state index contributed by atoms with van der Waals surface area (Å²) in [6.07, 6.45) is 5.13. The number of hydrogen-bond acceptors (Lipinski definition) is 3. The fourth-order valence-electron chi connectivity index (χ4n) is 2.81. The summed E-state index contributed by atoms with van der Waals surface area (Å²) < 4.78 is 1.10. The normalized spacial score (nSPS) is 18.0. The van der Waals surface area contributed by atoms with Crippen molar-refractivity contribution in [3.8, 4) is 0 Å². The maximum atomic E-state index is 12.6. The van der Waals surface area contributed by atoms with Crippen LogP contribution in [0.1, 0.15) is 40.4 Å². The van der Waals surface area contributed by atoms with Crippen molar-refractivity contribution in [1.29, 1.82) is 0 Å². The van der Waals surface area contributed by atoms with Gasteiger partial charge in [-0.1, -0.05) is 28.1 Å². The summed E-state index contributed by atoms with van der Waals surface area (Å²) in [6, 6.07) is 8.18. The number of nitrogens with zero attached hydrogens (tertiary/aromatic N) is 3. The number of carbonyl (C=O) groups excluding carboxylic acids is 1. The highest BCUT2D eigenvalue weighted by Crippen LogP contribution is 2.34. The molecule has 0 bridgehead atoms. The first-order valence-electron chi connectivity index (χ1n) is 7.00. The van der Waals surface area contributed by atoms with Crippen molar-refractivity contribution in [3.63, 3.8) is 0 Å². The lowest BCUT2D eigenvalue weighted by atomic mass is 10.0. The van der Waals surface area contributed by atoms with Crippen molar-refractivity contribution in [1.82, 2.24) is 15.1 Å². The van der Waals surface area contributed by atoms with Crippen molar-refractivity contribution >= 4 is 21.8 Å². The SMILES string of the molecule is Cc1cc([C@H]2CCCN2C(=O)c2ccnnc2)ccc1Br. The average molecular weight is 346 g/mol. The lowest BCUT2D eigenvalue weighted by Gasteiger charge is -2.25. The number of carbonyl (C=O) groups is 1. The molecule has 1 aromatic heterocycles. The molecule has 0 saturated carbocycles. The first-order chi connectivity index (χ1) is 10.2. The number of rotatable bonds is 2. The monoisotopic (exact) mass is 345 g/mol. The number of amides is 1. The molecule has 5 heteroatoms. The number of halogens is 1. The summed E-state index contributed by atoms with van der Waals surface area (Å²) in [4.78, 5) is 14.6. The Kier molecular flexibility index (Phi) is 4.01. The summed E-state index contributed by atoms with van der Waals surface area (Å²) >= 11 is 3.52. The van der Waals surface area contributed by atoms with Crippen LogP contribution in [0.4, 0.5) is 0 Å². The van der Waals surface area contributed by atoms with Crippen LogP contribution >= 0.6 is 15.9 Å². The van der Waals surface area contributed by atoms with Crippen molar-refractivity contribution < 1.29 is 4.79 Å². The Bertz CT molecular complexity index is 660. The molecule has 21 heavy (non-hydrogen) atoms. The maximum Gasteiger partial charge on any atom is 0.256 e. The van der Waals surface area contributed by atoms with Gasteiger partial charge >= 0.3 is 0 Å². The fourth-order valence-corrected chi connectivity index (χ4v) is 3.06. The summed E-state index contributed by atoms with van der Waals surface area (Å²) in [7, 11) is 0. The Morgan fingerprint density at radius 2 is 2.19 bits per heavy atom. The second-order valence-electron chi connectivity index (χ2n) is 5.30. The van der Waals surface area contributed by atoms with E-state index in [1.807, 2.05) is 4.90 Å². The molecule has 1 aliphatic rings. The number of aryl methyl sites for hydroxylation is 1. The molecule has 1 atom stereocenters. The zero-order valence-corrected chi connectivity index (χ0v) is 13.4. The predicted octanol–water partition coefficient (Wildman–Crippen LogP) is 3.52. The van der Waals surface area contributed by atoms with Crippen LogP contribution in [0.5, 0.6) is 0 Å². The summed E-state index contributed by atoms with van der Waals surface area (Å²) in [5.74, 6) is 0.0352. The third kappa shape index (κ3) is 2.83. The number of aromatic nitrogens is 2. The molecule has 0 N–H and O–H groups in total. The first kappa shape index (κ1) is 14.2. The molecule has 1 aromatic carbocycles. The number of likely N-dealkylation sites (tertiary alicyclic amines) is 1. The van der Waals surface area contributed by atoms with Crippen LogP contribution in [-0.4, -0.2) is 27.5 Å². The highest BCUT2D eigenvalue weighted by Gasteiger charge is 2.30. The topological polar surface area (TPSA) is 46.1 Å². The molecule has 2 heterocycles. The molecule has 3 rings (SSSR count). The van der Waals surface area contributed by atoms with Gasteiger partial charge in [-0.15, -0.1) is 0 Å². The van der Waals surface area contributed by atoms with Crippen molar-refractivity contribution in [2.45, 2.75) is 25.8 Å². The molecule has 4 nitrogen and oxygen atoms in total. The molecule has 2 aromatic rings. The van der Waals surface area contributed by atoms with E-state index in [1.54, 1.807) is 12.3 Å². The van der Waals surface area contributed by atoms with E-state index < -0.39 is 0 Å². The maximum absolute atomic E-state index is 12.6. The molecule has 108 valence electrons. The molecule has 0 spiro atoms. The Hall–Kier alpha value is -1.75. The molecular weight excluding hydrogens is 330 g/mol. The molecule has 1 saturated heterocycles. The van der Waals surface area contributed by atoms with Gasteiger partial charge in [0.1, 0.15) is 0 Å². The molecular formula is C16H16BrN3O. The van der Waals surface area contributed by atoms with Gasteiger partial charge in [-0.2, -0.15) is 10.2 Å². The van der Waals surface area contributed by atoms with E-state index >= 15 is 0 Å². The van der Waals surface area contributed by atoms with E-state index in [4.69, 9.17) is 0 Å². The second-order valence-corrected chi connectivity index (χ2v) is 6.15. The van der Waals surface area contributed by atoms with Gasteiger partial charge in [0.05, 0.1) is 24.0 Å². The van der Waals surface area contributed by atoms with Crippen LogP contribution < -0.4 is 0 Å². The smallest absolute Gasteiger partial charge is 0.256 e. The third-order valence-electron chi connectivity index (χ3n) is 3.91. The van der Waals surface area contributed by atoms with E-state index in [-0.39, 0.29) is 11.9 Å². The van der Waals surface area contributed by atoms with Crippen molar-refractivity contribution in [3.05, 3.63) is 57.8 Å². The lowest BCUT2D eigenvalue weighted by Crippen LogP contribution is -2.30. The van der Waals surface area contributed by atoms with E-state index in [0.29, 0.717) is 5.56 Å². The van der Waals surface area contributed by atoms with E-state index in [2.05, 4.69) is 51.3 Å². The Balaban J connectivity index is 1.88. The van der Waals surface area contributed by atoms with Gasteiger partial charge in [-0.25, -0.2) is 0 Å². The Morgan fingerprint density at radius 1 is 1.33 bits per heavy atom. The highest BCUT2D eigenvalue weighted by molar-refractivity contribution is 9.10. The van der Waals surface area contributed by atoms with Gasteiger partial charge in [0.15, 0.2) is 0 Å². The molecule has 1 fully saturated rings. The van der Waals surface area contributed by atoms with Crippen LogP contribution in [0.3, 0.4) is 0 Å². The van der Waals surface area contributed by atoms with Gasteiger partial charge in [0.25, 0.3) is 5.91 Å². The summed E-state index contributed by atoms with van der Waals surface area (Å²) in [6.45, 7) is 2.86. The van der Waals surface area contributed by atoms with E-state index in [0.717, 1.165) is 23.9 Å². The standard InChI is InChI=1S/C16H16BrN3O/c1-11-9-12(4-5-14(11)17)15-3-2-8-20(15)16(21)13-6-7-18-19-10-13/h4-7,9-10,15H,2-3,8H2,1H3/t15-/m1/s1. The largest absolute Gasteiger partial charge is 0.332 e. The van der Waals surface area contributed by atoms with Gasteiger partial charge in [0.2, 0.25) is 0 Å². The van der Waals surface area contributed by atoms with Gasteiger partial charge in [0, 0.05) is 11.0 Å². The summed E-state index contributed by atoms with van der Waals surface area (Å²) in [5.41, 5.74) is 2.99. The van der Waals surface area contributed by atoms with Crippen molar-refractivity contribution in [2.75, 3.05) is 6.54 Å². The Labute approximate surface area is 132 Å². The minimum atomic E-state index is 0.0352. The van der Waals surface area contributed by atoms with Crippen LogP contribution in [0, 0.1) is 6.92 Å². The third-order valence-corrected chi connectivity index (χ3v) is 4.80.